The van der Waals surface area contributed by atoms with Crippen molar-refractivity contribution in [2.75, 3.05) is 5.32 Å². The van der Waals surface area contributed by atoms with Crippen molar-refractivity contribution in [3.63, 3.8) is 0 Å². The fraction of sp³-hybridized carbons (Fsp3) is 0.304. The lowest BCUT2D eigenvalue weighted by Crippen LogP contribution is -2.30. The van der Waals surface area contributed by atoms with E-state index < -0.39 is 17.7 Å². The summed E-state index contributed by atoms with van der Waals surface area (Å²) >= 11 is 0. The number of benzene rings is 1. The Morgan fingerprint density at radius 1 is 1.06 bits per heavy atom. The van der Waals surface area contributed by atoms with Gasteiger partial charge in [0.2, 0.25) is 0 Å². The van der Waals surface area contributed by atoms with Gasteiger partial charge in [0.05, 0.1) is 12.2 Å². The van der Waals surface area contributed by atoms with Crippen molar-refractivity contribution in [2.24, 2.45) is 0 Å². The summed E-state index contributed by atoms with van der Waals surface area (Å²) < 4.78 is 43.6. The Morgan fingerprint density at radius 3 is 2.38 bits per heavy atom. The van der Waals surface area contributed by atoms with Crippen LogP contribution in [0.1, 0.15) is 30.9 Å². The highest BCUT2D eigenvalue weighted by Gasteiger charge is 2.31. The minimum atomic E-state index is -4.83. The Balaban J connectivity index is 1.76. The third-order valence-corrected chi connectivity index (χ3v) is 5.39. The predicted octanol–water partition coefficient (Wildman–Crippen LogP) is 3.50. The van der Waals surface area contributed by atoms with Gasteiger partial charge >= 0.3 is 6.36 Å². The van der Waals surface area contributed by atoms with Crippen molar-refractivity contribution >= 4 is 17.3 Å². The second-order valence-corrected chi connectivity index (χ2v) is 7.95. The fourth-order valence-corrected chi connectivity index (χ4v) is 3.92. The van der Waals surface area contributed by atoms with Crippen molar-refractivity contribution < 1.29 is 22.7 Å². The first-order valence-electron chi connectivity index (χ1n) is 10.6. The number of carbonyl (C=O) groups is 1. The van der Waals surface area contributed by atoms with E-state index in [2.05, 4.69) is 15.2 Å². The minimum absolute atomic E-state index is 0.0776. The number of pyridine rings is 1. The van der Waals surface area contributed by atoms with Gasteiger partial charge in [0.25, 0.3) is 11.1 Å². The number of ether oxygens (including phenoxy) is 1. The molecule has 0 aliphatic heterocycles. The van der Waals surface area contributed by atoms with Gasteiger partial charge in [-0.15, -0.1) is 18.3 Å². The number of rotatable bonds is 6. The number of hydrogen-bond acceptors (Lipinski definition) is 6. The second-order valence-electron chi connectivity index (χ2n) is 7.95. The van der Waals surface area contributed by atoms with Crippen LogP contribution in [-0.2, 0) is 24.2 Å². The molecule has 0 radical (unpaired) electrons. The number of hydrogen-bond donors (Lipinski definition) is 1. The number of fused-ring (bicyclic) bond motifs is 1. The van der Waals surface area contributed by atoms with Gasteiger partial charge in [0.15, 0.2) is 5.82 Å². The molecule has 1 aliphatic rings. The van der Waals surface area contributed by atoms with E-state index in [-0.39, 0.29) is 29.3 Å². The topological polar surface area (TPSA) is 95.2 Å². The molecule has 2 heterocycles. The lowest BCUT2D eigenvalue weighted by atomic mass is 9.93. The summed E-state index contributed by atoms with van der Waals surface area (Å²) in [6, 6.07) is 7.97. The summed E-state index contributed by atoms with van der Waals surface area (Å²) in [7, 11) is 0. The Morgan fingerprint density at radius 2 is 1.74 bits per heavy atom. The zero-order valence-corrected chi connectivity index (χ0v) is 18.2. The van der Waals surface area contributed by atoms with Crippen molar-refractivity contribution in [1.29, 1.82) is 0 Å². The number of Topliss-reactive ketones (excluding diaryl/α,β-unsaturated/α-hetero) is 1. The highest BCUT2D eigenvalue weighted by atomic mass is 19.4. The van der Waals surface area contributed by atoms with E-state index >= 15 is 0 Å². The zero-order valence-electron chi connectivity index (χ0n) is 18.2. The molecule has 0 saturated carbocycles. The van der Waals surface area contributed by atoms with Crippen molar-refractivity contribution in [2.45, 2.75) is 45.5 Å². The molecule has 2 aromatic heterocycles. The maximum absolute atomic E-state index is 13.1. The van der Waals surface area contributed by atoms with Gasteiger partial charge < -0.3 is 14.6 Å². The second kappa shape index (κ2) is 9.16. The van der Waals surface area contributed by atoms with Crippen LogP contribution in [0.5, 0.6) is 5.75 Å². The maximum Gasteiger partial charge on any atom is 0.573 e. The van der Waals surface area contributed by atoms with E-state index in [1.807, 2.05) is 0 Å². The number of alkyl halides is 3. The van der Waals surface area contributed by atoms with Gasteiger partial charge in [-0.05, 0) is 69.0 Å². The molecule has 1 aromatic carbocycles. The van der Waals surface area contributed by atoms with Crippen LogP contribution in [0.15, 0.2) is 52.2 Å². The van der Waals surface area contributed by atoms with Crippen molar-refractivity contribution in [1.82, 2.24) is 14.3 Å². The van der Waals surface area contributed by atoms with Gasteiger partial charge in [-0.3, -0.25) is 14.4 Å². The summed E-state index contributed by atoms with van der Waals surface area (Å²) in [5.74, 6) is -0.292. The molecule has 11 heteroatoms. The molecule has 0 saturated heterocycles. The van der Waals surface area contributed by atoms with Gasteiger partial charge in [-0.2, -0.15) is 4.68 Å². The van der Waals surface area contributed by atoms with E-state index in [1.54, 1.807) is 12.1 Å². The molecule has 0 unspecified atom stereocenters. The highest BCUT2D eigenvalue weighted by Crippen LogP contribution is 2.27. The van der Waals surface area contributed by atoms with Gasteiger partial charge in [0, 0.05) is 17.3 Å². The highest BCUT2D eigenvalue weighted by molar-refractivity contribution is 5.75. The summed E-state index contributed by atoms with van der Waals surface area (Å²) in [5.41, 5.74) is 0.883. The largest absolute Gasteiger partial charge is 0.573 e. The molecule has 0 fully saturated rings. The molecule has 0 bridgehead atoms. The molecule has 8 nitrogen and oxygen atoms in total. The fourth-order valence-electron chi connectivity index (χ4n) is 3.92. The molecule has 178 valence electrons. The van der Waals surface area contributed by atoms with Crippen LogP contribution in [-0.4, -0.2) is 26.5 Å². The Bertz CT molecular complexity index is 1340. The number of halogens is 3. The number of anilines is 2. The van der Waals surface area contributed by atoms with Crippen LogP contribution < -0.4 is 21.2 Å². The van der Waals surface area contributed by atoms with Gasteiger partial charge in [0.1, 0.15) is 17.2 Å². The Labute approximate surface area is 191 Å². The molecule has 34 heavy (non-hydrogen) atoms. The standard InChI is InChI=1S/C23H21F3N4O4/c1-14(31)13-29-12-4-7-19(22(29)33)27-20-17-5-2-3-6-18(17)21(32)30(28-20)15-8-10-16(11-9-15)34-23(24,25)26/h4,7-12H,2-3,5-6,13H2,1H3,(H,27,28). The number of ketones is 1. The van der Waals surface area contributed by atoms with E-state index in [0.29, 0.717) is 29.8 Å². The van der Waals surface area contributed by atoms with Crippen molar-refractivity contribution in [3.8, 4) is 11.4 Å². The number of nitrogens with one attached hydrogen (secondary N) is 1. The van der Waals surface area contributed by atoms with Crippen LogP contribution >= 0.6 is 0 Å². The smallest absolute Gasteiger partial charge is 0.406 e. The van der Waals surface area contributed by atoms with Crippen LogP contribution in [0.25, 0.3) is 5.69 Å². The lowest BCUT2D eigenvalue weighted by Gasteiger charge is -2.21. The Kier molecular flexibility index (Phi) is 6.27. The molecule has 0 atom stereocenters. The van der Waals surface area contributed by atoms with E-state index in [9.17, 15) is 27.6 Å². The monoisotopic (exact) mass is 474 g/mol. The predicted molar refractivity (Wildman–Crippen MR) is 118 cm³/mol. The number of aromatic nitrogens is 3. The van der Waals surface area contributed by atoms with E-state index in [1.165, 1.54) is 29.8 Å². The average molecular weight is 474 g/mol. The number of carbonyl (C=O) groups excluding carboxylic acids is 1. The zero-order chi connectivity index (χ0) is 24.5. The molecule has 4 rings (SSSR count). The average Bonchev–Trinajstić information content (AvgIpc) is 2.78. The minimum Gasteiger partial charge on any atom is -0.406 e. The van der Waals surface area contributed by atoms with Crippen molar-refractivity contribution in [3.05, 3.63) is 74.4 Å². The molecule has 0 amide bonds. The SMILES string of the molecule is CC(=O)Cn1cccc(Nc2nn(-c3ccc(OC(F)(F)F)cc3)c(=O)c3c2CCCC3)c1=O. The van der Waals surface area contributed by atoms with Crippen LogP contribution in [0, 0.1) is 0 Å². The maximum atomic E-state index is 13.1. The quantitative estimate of drug-likeness (QED) is 0.588. The summed E-state index contributed by atoms with van der Waals surface area (Å²) in [4.78, 5) is 37.4. The summed E-state index contributed by atoms with van der Waals surface area (Å²) in [6.07, 6.45) is -0.564. The normalized spacial score (nSPS) is 13.3. The van der Waals surface area contributed by atoms with Crippen LogP contribution in [0.4, 0.5) is 24.7 Å². The number of nitrogens with zero attached hydrogens (tertiary/aromatic N) is 3. The first kappa shape index (κ1) is 23.3. The van der Waals surface area contributed by atoms with E-state index in [4.69, 9.17) is 0 Å². The molecular weight excluding hydrogens is 453 g/mol. The van der Waals surface area contributed by atoms with Gasteiger partial charge in [-0.25, -0.2) is 0 Å². The van der Waals surface area contributed by atoms with Crippen LogP contribution in [0.3, 0.4) is 0 Å². The third kappa shape index (κ3) is 5.03. The molecular formula is C23H21F3N4O4. The first-order valence-corrected chi connectivity index (χ1v) is 10.6. The summed E-state index contributed by atoms with van der Waals surface area (Å²) in [6.45, 7) is 1.30. The summed E-state index contributed by atoms with van der Waals surface area (Å²) in [5, 5.41) is 7.41. The molecule has 3 aromatic rings. The lowest BCUT2D eigenvalue weighted by molar-refractivity contribution is -0.274. The third-order valence-electron chi connectivity index (χ3n) is 5.39. The van der Waals surface area contributed by atoms with Gasteiger partial charge in [-0.1, -0.05) is 0 Å². The van der Waals surface area contributed by atoms with E-state index in [0.717, 1.165) is 29.7 Å². The molecule has 1 aliphatic carbocycles. The molecule has 0 spiro atoms. The molecule has 1 N–H and O–H groups in total. The first-order chi connectivity index (χ1) is 16.1. The van der Waals surface area contributed by atoms with Crippen LogP contribution in [0.2, 0.25) is 0 Å². The Hall–Kier alpha value is -3.89.